The van der Waals surface area contributed by atoms with Crippen LogP contribution in [-0.4, -0.2) is 47.8 Å². The van der Waals surface area contributed by atoms with Crippen LogP contribution in [0.25, 0.3) is 11.0 Å². The van der Waals surface area contributed by atoms with Crippen molar-refractivity contribution in [1.82, 2.24) is 19.4 Å². The van der Waals surface area contributed by atoms with Crippen LogP contribution in [0.1, 0.15) is 0 Å². The zero-order valence-electron chi connectivity index (χ0n) is 13.7. The average molecular weight is 399 g/mol. The summed E-state index contributed by atoms with van der Waals surface area (Å²) in [7, 11) is 3.79. The maximum atomic E-state index is 14.1. The van der Waals surface area contributed by atoms with Crippen molar-refractivity contribution in [3.63, 3.8) is 0 Å². The van der Waals surface area contributed by atoms with Crippen molar-refractivity contribution in [2.45, 2.75) is 13.1 Å². The van der Waals surface area contributed by atoms with Gasteiger partial charge in [0.25, 0.3) is 0 Å². The van der Waals surface area contributed by atoms with E-state index < -0.39 is 16.9 Å². The number of halogens is 2. The summed E-state index contributed by atoms with van der Waals surface area (Å²) in [6.45, 7) is 3.02. The largest absolute Gasteiger partial charge is 0.316 e. The van der Waals surface area contributed by atoms with Gasteiger partial charge >= 0.3 is 11.1 Å². The van der Waals surface area contributed by atoms with Crippen molar-refractivity contribution in [2.24, 2.45) is 5.92 Å². The molecule has 1 saturated heterocycles. The summed E-state index contributed by atoms with van der Waals surface area (Å²) < 4.78 is 17.2. The van der Waals surface area contributed by atoms with Gasteiger partial charge in [0.1, 0.15) is 5.82 Å². The van der Waals surface area contributed by atoms with Crippen molar-refractivity contribution in [3.05, 3.63) is 43.1 Å². The van der Waals surface area contributed by atoms with Gasteiger partial charge in [-0.15, -0.1) is 0 Å². The van der Waals surface area contributed by atoms with E-state index in [2.05, 4.69) is 21.2 Å². The second-order valence-corrected chi connectivity index (χ2v) is 7.31. The van der Waals surface area contributed by atoms with Crippen LogP contribution in [0.4, 0.5) is 4.39 Å². The smallest absolute Gasteiger partial charge is 0.316 e. The van der Waals surface area contributed by atoms with Gasteiger partial charge in [-0.2, -0.15) is 0 Å². The van der Waals surface area contributed by atoms with Gasteiger partial charge in [0.05, 0.1) is 15.5 Å². The van der Waals surface area contributed by atoms with Crippen LogP contribution < -0.4 is 16.4 Å². The third-order valence-electron chi connectivity index (χ3n) is 4.35. The summed E-state index contributed by atoms with van der Waals surface area (Å²) in [6.07, 6.45) is 0. The Hall–Kier alpha value is -1.51. The molecule has 3 rings (SSSR count). The topological polar surface area (TPSA) is 59.3 Å². The fraction of sp³-hybridized carbons (Fsp3) is 0.500. The molecule has 1 fully saturated rings. The van der Waals surface area contributed by atoms with E-state index in [0.717, 1.165) is 13.1 Å². The lowest BCUT2D eigenvalue weighted by Crippen LogP contribution is -2.49. The quantitative estimate of drug-likeness (QED) is 0.758. The minimum absolute atomic E-state index is 0.281. The number of nitrogens with one attached hydrogen (secondary N) is 1. The molecule has 0 spiro atoms. The standard InChI is InChI=1S/C16H20BrFN4O2/c1-20(2)3-4-21-13-5-11(17)12(18)6-14(13)22(16(24)15(21)23)9-10-7-19-8-10/h5-6,10,19H,3-4,7-9H2,1-2H3. The molecule has 1 aliphatic rings. The first-order valence-corrected chi connectivity index (χ1v) is 8.65. The number of fused-ring (bicyclic) bond motifs is 1. The van der Waals surface area contributed by atoms with Crippen LogP contribution in [0.3, 0.4) is 0 Å². The van der Waals surface area contributed by atoms with Crippen LogP contribution in [0.15, 0.2) is 26.2 Å². The minimum atomic E-state index is -0.588. The number of hydrogen-bond donors (Lipinski definition) is 1. The fourth-order valence-electron chi connectivity index (χ4n) is 2.85. The lowest BCUT2D eigenvalue weighted by molar-refractivity contribution is 0.305. The summed E-state index contributed by atoms with van der Waals surface area (Å²) in [5.41, 5.74) is -0.113. The van der Waals surface area contributed by atoms with Gasteiger partial charge in [0.15, 0.2) is 0 Å². The summed E-state index contributed by atoms with van der Waals surface area (Å²) >= 11 is 3.18. The number of likely N-dealkylation sites (N-methyl/N-ethyl adjacent to an activating group) is 1. The molecular weight excluding hydrogens is 379 g/mol. The number of benzene rings is 1. The Morgan fingerprint density at radius 2 is 1.83 bits per heavy atom. The molecule has 24 heavy (non-hydrogen) atoms. The summed E-state index contributed by atoms with van der Waals surface area (Å²) in [5.74, 6) is -0.158. The number of rotatable bonds is 5. The summed E-state index contributed by atoms with van der Waals surface area (Å²) in [6, 6.07) is 2.91. The van der Waals surface area contributed by atoms with E-state index in [1.54, 1.807) is 6.07 Å². The Balaban J connectivity index is 2.22. The maximum absolute atomic E-state index is 14.1. The third-order valence-corrected chi connectivity index (χ3v) is 4.96. The number of nitrogens with zero attached hydrogens (tertiary/aromatic N) is 3. The van der Waals surface area contributed by atoms with E-state index >= 15 is 0 Å². The molecule has 1 aromatic heterocycles. The zero-order valence-corrected chi connectivity index (χ0v) is 15.3. The zero-order chi connectivity index (χ0) is 17.4. The highest BCUT2D eigenvalue weighted by molar-refractivity contribution is 9.10. The van der Waals surface area contributed by atoms with Crippen LogP contribution in [0, 0.1) is 11.7 Å². The van der Waals surface area contributed by atoms with Gasteiger partial charge in [-0.25, -0.2) is 4.39 Å². The SMILES string of the molecule is CN(C)CCn1c(=O)c(=O)n(CC2CNC2)c2cc(F)c(Br)cc21. The Kier molecular flexibility index (Phi) is 4.89. The maximum Gasteiger partial charge on any atom is 0.316 e. The predicted molar refractivity (Wildman–Crippen MR) is 95.0 cm³/mol. The fourth-order valence-corrected chi connectivity index (χ4v) is 3.18. The second-order valence-electron chi connectivity index (χ2n) is 6.46. The van der Waals surface area contributed by atoms with Crippen LogP contribution in [-0.2, 0) is 13.1 Å². The molecule has 1 aromatic carbocycles. The first-order valence-electron chi connectivity index (χ1n) is 7.86. The molecule has 1 N–H and O–H groups in total. The molecule has 130 valence electrons. The van der Waals surface area contributed by atoms with Gasteiger partial charge in [0, 0.05) is 44.7 Å². The molecule has 6 nitrogen and oxygen atoms in total. The van der Waals surface area contributed by atoms with E-state index in [4.69, 9.17) is 0 Å². The highest BCUT2D eigenvalue weighted by Crippen LogP contribution is 2.22. The molecule has 0 amide bonds. The molecule has 2 heterocycles. The lowest BCUT2D eigenvalue weighted by atomic mass is 10.0. The third kappa shape index (κ3) is 3.18. The number of aromatic nitrogens is 2. The average Bonchev–Trinajstić information content (AvgIpc) is 2.48. The van der Waals surface area contributed by atoms with Gasteiger partial charge in [-0.05, 0) is 36.1 Å². The summed E-state index contributed by atoms with van der Waals surface area (Å²) in [4.78, 5) is 27.1. The molecule has 2 aromatic rings. The van der Waals surface area contributed by atoms with Crippen LogP contribution in [0.5, 0.6) is 0 Å². The Bertz CT molecular complexity index is 886. The monoisotopic (exact) mass is 398 g/mol. The van der Waals surface area contributed by atoms with E-state index in [-0.39, 0.29) is 10.4 Å². The Morgan fingerprint density at radius 3 is 2.42 bits per heavy atom. The van der Waals surface area contributed by atoms with Crippen molar-refractivity contribution in [3.8, 4) is 0 Å². The van der Waals surface area contributed by atoms with Gasteiger partial charge < -0.3 is 19.4 Å². The van der Waals surface area contributed by atoms with Crippen LogP contribution in [0.2, 0.25) is 0 Å². The van der Waals surface area contributed by atoms with Crippen molar-refractivity contribution in [1.29, 1.82) is 0 Å². The Morgan fingerprint density at radius 1 is 1.21 bits per heavy atom. The number of hydrogen-bond acceptors (Lipinski definition) is 4. The highest BCUT2D eigenvalue weighted by atomic mass is 79.9. The van der Waals surface area contributed by atoms with Gasteiger partial charge in [-0.1, -0.05) is 0 Å². The molecule has 0 atom stereocenters. The summed E-state index contributed by atoms with van der Waals surface area (Å²) in [5, 5.41) is 3.14. The van der Waals surface area contributed by atoms with Gasteiger partial charge in [0.2, 0.25) is 0 Å². The first kappa shape index (κ1) is 17.3. The molecule has 0 bridgehead atoms. The predicted octanol–water partition coefficient (Wildman–Crippen LogP) is 0.846. The second kappa shape index (κ2) is 6.78. The van der Waals surface area contributed by atoms with E-state index in [9.17, 15) is 14.0 Å². The van der Waals surface area contributed by atoms with E-state index in [1.165, 1.54) is 15.2 Å². The highest BCUT2D eigenvalue weighted by Gasteiger charge is 2.22. The molecule has 8 heteroatoms. The van der Waals surface area contributed by atoms with E-state index in [1.807, 2.05) is 19.0 Å². The van der Waals surface area contributed by atoms with E-state index in [0.29, 0.717) is 30.7 Å². The van der Waals surface area contributed by atoms with Crippen molar-refractivity contribution in [2.75, 3.05) is 33.7 Å². The van der Waals surface area contributed by atoms with Gasteiger partial charge in [-0.3, -0.25) is 9.59 Å². The minimum Gasteiger partial charge on any atom is -0.316 e. The normalized spacial score (nSPS) is 15.2. The Labute approximate surface area is 147 Å². The molecule has 0 unspecified atom stereocenters. The first-order chi connectivity index (χ1) is 11.4. The van der Waals surface area contributed by atoms with Crippen LogP contribution >= 0.6 is 15.9 Å². The molecule has 0 aliphatic carbocycles. The lowest BCUT2D eigenvalue weighted by Gasteiger charge is -2.28. The molecular formula is C16H20BrFN4O2. The molecule has 0 radical (unpaired) electrons. The molecule has 1 aliphatic heterocycles. The molecule has 0 saturated carbocycles. The van der Waals surface area contributed by atoms with Crippen molar-refractivity contribution >= 4 is 27.0 Å². The van der Waals surface area contributed by atoms with Crippen molar-refractivity contribution < 1.29 is 4.39 Å².